The van der Waals surface area contributed by atoms with E-state index in [0.717, 1.165) is 44.5 Å². The summed E-state index contributed by atoms with van der Waals surface area (Å²) in [4.78, 5) is 15.0. The van der Waals surface area contributed by atoms with Crippen LogP contribution in [0.15, 0.2) is 180 Å². The Balaban J connectivity index is 1.10. The highest BCUT2D eigenvalue weighted by atomic mass is 16.3. The molecule has 10 rings (SSSR count). The van der Waals surface area contributed by atoms with Crippen molar-refractivity contribution in [1.82, 2.24) is 15.0 Å². The Kier molecular flexibility index (Phi) is 6.78. The van der Waals surface area contributed by atoms with Crippen molar-refractivity contribution >= 4 is 43.3 Å². The molecule has 0 saturated heterocycles. The molecule has 0 N–H and O–H groups in total. The average molecular weight is 652 g/mol. The van der Waals surface area contributed by atoms with Crippen molar-refractivity contribution in [3.8, 4) is 56.6 Å². The van der Waals surface area contributed by atoms with Crippen LogP contribution in [0.5, 0.6) is 0 Å². The van der Waals surface area contributed by atoms with Crippen LogP contribution in [0.1, 0.15) is 0 Å². The predicted molar refractivity (Wildman–Crippen MR) is 209 cm³/mol. The number of benzene rings is 8. The molecule has 0 fully saturated rings. The van der Waals surface area contributed by atoms with Gasteiger partial charge in [-0.2, -0.15) is 0 Å². The van der Waals surface area contributed by atoms with Crippen molar-refractivity contribution in [1.29, 1.82) is 0 Å². The van der Waals surface area contributed by atoms with Gasteiger partial charge in [0, 0.05) is 27.6 Å². The van der Waals surface area contributed by atoms with Crippen molar-refractivity contribution < 1.29 is 4.42 Å². The number of furan rings is 1. The lowest BCUT2D eigenvalue weighted by atomic mass is 9.89. The first-order valence-corrected chi connectivity index (χ1v) is 17.1. The van der Waals surface area contributed by atoms with Crippen molar-refractivity contribution in [2.75, 3.05) is 0 Å². The molecule has 0 aliphatic rings. The zero-order valence-corrected chi connectivity index (χ0v) is 27.5. The summed E-state index contributed by atoms with van der Waals surface area (Å²) < 4.78 is 6.20. The third-order valence-corrected chi connectivity index (χ3v) is 9.70. The van der Waals surface area contributed by atoms with Crippen molar-refractivity contribution in [3.63, 3.8) is 0 Å². The summed E-state index contributed by atoms with van der Waals surface area (Å²) in [6.45, 7) is 0. The highest BCUT2D eigenvalue weighted by Gasteiger charge is 2.16. The third kappa shape index (κ3) is 5.13. The summed E-state index contributed by atoms with van der Waals surface area (Å²) in [5.41, 5.74) is 6.94. The number of aromatic nitrogens is 3. The van der Waals surface area contributed by atoms with Crippen LogP contribution in [0.2, 0.25) is 0 Å². The zero-order valence-electron chi connectivity index (χ0n) is 27.5. The summed E-state index contributed by atoms with van der Waals surface area (Å²) in [6, 6.07) is 61.2. The lowest BCUT2D eigenvalue weighted by Crippen LogP contribution is -2.00. The fourth-order valence-corrected chi connectivity index (χ4v) is 7.20. The molecule has 0 bridgehead atoms. The molecular weight excluding hydrogens is 623 g/mol. The van der Waals surface area contributed by atoms with Crippen LogP contribution in [-0.4, -0.2) is 15.0 Å². The molecule has 0 aliphatic carbocycles. The number of rotatable bonds is 5. The lowest BCUT2D eigenvalue weighted by Gasteiger charge is -2.14. The van der Waals surface area contributed by atoms with Gasteiger partial charge in [0.2, 0.25) is 0 Å². The van der Waals surface area contributed by atoms with Gasteiger partial charge < -0.3 is 4.42 Å². The van der Waals surface area contributed by atoms with E-state index in [1.54, 1.807) is 0 Å². The minimum Gasteiger partial charge on any atom is -0.456 e. The smallest absolute Gasteiger partial charge is 0.164 e. The van der Waals surface area contributed by atoms with E-state index in [0.29, 0.717) is 17.5 Å². The van der Waals surface area contributed by atoms with E-state index in [4.69, 9.17) is 19.4 Å². The molecule has 0 aliphatic heterocycles. The van der Waals surface area contributed by atoms with Crippen molar-refractivity contribution in [2.24, 2.45) is 0 Å². The van der Waals surface area contributed by atoms with Crippen LogP contribution < -0.4 is 0 Å². The van der Waals surface area contributed by atoms with Gasteiger partial charge >= 0.3 is 0 Å². The van der Waals surface area contributed by atoms with E-state index >= 15 is 0 Å². The molecule has 10 aromatic rings. The van der Waals surface area contributed by atoms with E-state index in [9.17, 15) is 0 Å². The SMILES string of the molecule is c1ccc(-c2nc(-c3ccc(-c4c5ccccc5cc5c4ccc4ccccc45)cc3)nc(-c3cccc(-c4cc5ccccc5o4)c3)n2)cc1. The van der Waals surface area contributed by atoms with Crippen LogP contribution >= 0.6 is 0 Å². The number of hydrogen-bond donors (Lipinski definition) is 0. The van der Waals surface area contributed by atoms with E-state index < -0.39 is 0 Å². The van der Waals surface area contributed by atoms with Crippen LogP contribution in [0.3, 0.4) is 0 Å². The third-order valence-electron chi connectivity index (χ3n) is 9.70. The minimum absolute atomic E-state index is 0.604. The van der Waals surface area contributed by atoms with Crippen LogP contribution in [0.25, 0.3) is 99.9 Å². The van der Waals surface area contributed by atoms with E-state index in [-0.39, 0.29) is 0 Å². The first-order valence-electron chi connectivity index (χ1n) is 17.1. The maximum absolute atomic E-state index is 6.20. The van der Waals surface area contributed by atoms with Crippen LogP contribution in [0, 0.1) is 0 Å². The Morgan fingerprint density at radius 2 is 0.902 bits per heavy atom. The zero-order chi connectivity index (χ0) is 33.7. The Bertz CT molecular complexity index is 2880. The van der Waals surface area contributed by atoms with E-state index in [1.807, 2.05) is 60.7 Å². The van der Waals surface area contributed by atoms with Gasteiger partial charge in [-0.25, -0.2) is 15.0 Å². The molecule has 238 valence electrons. The van der Waals surface area contributed by atoms with E-state index in [2.05, 4.69) is 115 Å². The summed E-state index contributed by atoms with van der Waals surface area (Å²) in [5, 5.41) is 8.51. The molecule has 4 nitrogen and oxygen atoms in total. The monoisotopic (exact) mass is 651 g/mol. The molecule has 0 amide bonds. The molecule has 4 heteroatoms. The van der Waals surface area contributed by atoms with Gasteiger partial charge in [0.15, 0.2) is 17.5 Å². The van der Waals surface area contributed by atoms with Gasteiger partial charge in [0.25, 0.3) is 0 Å². The van der Waals surface area contributed by atoms with Gasteiger partial charge in [-0.1, -0.05) is 152 Å². The topological polar surface area (TPSA) is 51.8 Å². The summed E-state index contributed by atoms with van der Waals surface area (Å²) in [7, 11) is 0. The Hall–Kier alpha value is -6.91. The van der Waals surface area contributed by atoms with Gasteiger partial charge in [0.05, 0.1) is 0 Å². The van der Waals surface area contributed by atoms with Gasteiger partial charge in [-0.05, 0) is 67.7 Å². The van der Waals surface area contributed by atoms with Gasteiger partial charge in [0.1, 0.15) is 11.3 Å². The Morgan fingerprint density at radius 1 is 0.314 bits per heavy atom. The molecule has 0 atom stereocenters. The minimum atomic E-state index is 0.604. The quantitative estimate of drug-likeness (QED) is 0.137. The molecule has 0 spiro atoms. The molecule has 8 aromatic carbocycles. The Morgan fingerprint density at radius 3 is 1.69 bits per heavy atom. The van der Waals surface area contributed by atoms with Gasteiger partial charge in [-0.3, -0.25) is 0 Å². The highest BCUT2D eigenvalue weighted by molar-refractivity contribution is 6.20. The largest absolute Gasteiger partial charge is 0.456 e. The lowest BCUT2D eigenvalue weighted by molar-refractivity contribution is 0.631. The maximum atomic E-state index is 6.20. The highest BCUT2D eigenvalue weighted by Crippen LogP contribution is 2.40. The molecule has 0 unspecified atom stereocenters. The first kappa shape index (κ1) is 29.0. The standard InChI is InChI=1S/C47H29N3O/c1-2-12-32(13-3-1)45-48-46(50-47(49-45)37-17-10-16-35(27-37)43-29-36-15-6-9-20-42(36)51-43)33-23-21-31(22-24-33)44-39-19-8-5-14-34(39)28-41-38-18-7-4-11-30(38)25-26-40(41)44/h1-29H. The second-order valence-corrected chi connectivity index (χ2v) is 12.8. The molecule has 51 heavy (non-hydrogen) atoms. The Labute approximate surface area is 294 Å². The van der Waals surface area contributed by atoms with E-state index in [1.165, 1.54) is 37.9 Å². The van der Waals surface area contributed by atoms with Crippen molar-refractivity contribution in [2.45, 2.75) is 0 Å². The normalized spacial score (nSPS) is 11.5. The van der Waals surface area contributed by atoms with Crippen molar-refractivity contribution in [3.05, 3.63) is 176 Å². The fraction of sp³-hybridized carbons (Fsp3) is 0. The maximum Gasteiger partial charge on any atom is 0.164 e. The first-order chi connectivity index (χ1) is 25.2. The van der Waals surface area contributed by atoms with Crippen LogP contribution in [-0.2, 0) is 0 Å². The fourth-order valence-electron chi connectivity index (χ4n) is 7.20. The molecule has 0 saturated carbocycles. The number of hydrogen-bond acceptors (Lipinski definition) is 4. The summed E-state index contributed by atoms with van der Waals surface area (Å²) in [6.07, 6.45) is 0. The van der Waals surface area contributed by atoms with Crippen LogP contribution in [0.4, 0.5) is 0 Å². The second-order valence-electron chi connectivity index (χ2n) is 12.8. The summed E-state index contributed by atoms with van der Waals surface area (Å²) in [5.74, 6) is 2.65. The number of para-hydroxylation sites is 1. The average Bonchev–Trinajstić information content (AvgIpc) is 3.65. The predicted octanol–water partition coefficient (Wildman–Crippen LogP) is 12.4. The van der Waals surface area contributed by atoms with Gasteiger partial charge in [-0.15, -0.1) is 0 Å². The molecule has 0 radical (unpaired) electrons. The second kappa shape index (κ2) is 11.9. The molecular formula is C47H29N3O. The molecule has 2 heterocycles. The summed E-state index contributed by atoms with van der Waals surface area (Å²) >= 11 is 0. The molecule has 2 aromatic heterocycles. The number of nitrogens with zero attached hydrogens (tertiary/aromatic N) is 3. The number of fused-ring (bicyclic) bond motifs is 5.